The SMILES string of the molecule is CCCCCCCCCC(=O)OCC1OC(OC2C(O)C(OC3OC(CN)C(O)C(O)C3O)C(N)C[C@@H]2N)C(O)C(N)C1O. The van der Waals surface area contributed by atoms with Crippen LogP contribution in [-0.4, -0.2) is 142 Å². The first-order valence-corrected chi connectivity index (χ1v) is 15.7. The predicted molar refractivity (Wildman–Crippen MR) is 154 cm³/mol. The summed E-state index contributed by atoms with van der Waals surface area (Å²) in [6.45, 7) is 1.64. The standard InChI is InChI=1S/C28H54N4O12/c1-2-3-4-5-6-7-8-9-17(33)40-12-16-19(34)18(32)21(36)27(42-16)43-25-13(30)10-14(31)26(24(25)39)44-28-23(38)22(37)20(35)15(11-29)41-28/h13-16,18-28,34-39H,2-12,29-32H2,1H3/t13-,14?,15?,16?,18?,19?,20?,21?,22?,23?,24?,25?,26?,27?,28?/m0/s1. The maximum Gasteiger partial charge on any atom is 0.305 e. The normalized spacial score (nSPS) is 43.1. The van der Waals surface area contributed by atoms with Crippen LogP contribution in [0.25, 0.3) is 0 Å². The Kier molecular flexibility index (Phi) is 15.1. The van der Waals surface area contributed by atoms with Crippen molar-refractivity contribution in [1.29, 1.82) is 0 Å². The number of rotatable bonds is 15. The van der Waals surface area contributed by atoms with Gasteiger partial charge >= 0.3 is 5.97 Å². The number of esters is 1. The van der Waals surface area contributed by atoms with E-state index in [1.165, 1.54) is 19.3 Å². The van der Waals surface area contributed by atoms with Crippen LogP contribution in [0.4, 0.5) is 0 Å². The molecule has 44 heavy (non-hydrogen) atoms. The van der Waals surface area contributed by atoms with Crippen LogP contribution in [0.5, 0.6) is 0 Å². The fourth-order valence-electron chi connectivity index (χ4n) is 5.86. The van der Waals surface area contributed by atoms with Gasteiger partial charge in [0.15, 0.2) is 12.6 Å². The first kappa shape index (κ1) is 37.4. The number of aliphatic hydroxyl groups excluding tert-OH is 6. The van der Waals surface area contributed by atoms with E-state index in [4.69, 9.17) is 46.6 Å². The van der Waals surface area contributed by atoms with Crippen LogP contribution in [0, 0.1) is 0 Å². The molecular formula is C28H54N4O12. The zero-order valence-corrected chi connectivity index (χ0v) is 25.4. The van der Waals surface area contributed by atoms with Gasteiger partial charge in [0.1, 0.15) is 67.6 Å². The van der Waals surface area contributed by atoms with E-state index in [1.54, 1.807) is 0 Å². The van der Waals surface area contributed by atoms with Gasteiger partial charge in [-0.1, -0.05) is 45.4 Å². The average molecular weight is 639 g/mol. The van der Waals surface area contributed by atoms with E-state index in [9.17, 15) is 35.4 Å². The highest BCUT2D eigenvalue weighted by Crippen LogP contribution is 2.31. The van der Waals surface area contributed by atoms with Gasteiger partial charge in [0.25, 0.3) is 0 Å². The Labute approximate surface area is 257 Å². The van der Waals surface area contributed by atoms with Crippen molar-refractivity contribution in [2.75, 3.05) is 13.2 Å². The van der Waals surface area contributed by atoms with Gasteiger partial charge in [-0.3, -0.25) is 4.79 Å². The fourth-order valence-corrected chi connectivity index (χ4v) is 5.86. The molecule has 0 bridgehead atoms. The van der Waals surface area contributed by atoms with Gasteiger partial charge in [-0.25, -0.2) is 0 Å². The van der Waals surface area contributed by atoms with Crippen molar-refractivity contribution in [2.45, 2.75) is 156 Å². The molecule has 15 atom stereocenters. The molecule has 2 saturated heterocycles. The number of hydrogen-bond acceptors (Lipinski definition) is 16. The topological polar surface area (TPSA) is 289 Å². The lowest BCUT2D eigenvalue weighted by Crippen LogP contribution is -2.68. The molecule has 3 aliphatic rings. The average Bonchev–Trinajstić information content (AvgIpc) is 2.99. The number of unbranched alkanes of at least 4 members (excludes halogenated alkanes) is 6. The molecule has 14 unspecified atom stereocenters. The Morgan fingerprint density at radius 1 is 0.705 bits per heavy atom. The zero-order valence-electron chi connectivity index (χ0n) is 25.4. The lowest BCUT2D eigenvalue weighted by Gasteiger charge is -2.48. The number of hydrogen-bond donors (Lipinski definition) is 10. The van der Waals surface area contributed by atoms with E-state index >= 15 is 0 Å². The fraction of sp³-hybridized carbons (Fsp3) is 0.964. The maximum atomic E-state index is 12.3. The summed E-state index contributed by atoms with van der Waals surface area (Å²) in [4.78, 5) is 12.3. The molecule has 0 aromatic carbocycles. The molecule has 258 valence electrons. The van der Waals surface area contributed by atoms with Crippen molar-refractivity contribution in [3.8, 4) is 0 Å². The summed E-state index contributed by atoms with van der Waals surface area (Å²) >= 11 is 0. The second-order valence-corrected chi connectivity index (χ2v) is 12.2. The molecule has 16 heteroatoms. The zero-order chi connectivity index (χ0) is 32.6. The Balaban J connectivity index is 1.57. The summed E-state index contributed by atoms with van der Waals surface area (Å²) in [6.07, 6.45) is -9.25. The summed E-state index contributed by atoms with van der Waals surface area (Å²) in [6, 6.07) is -2.96. The molecule has 16 nitrogen and oxygen atoms in total. The first-order valence-electron chi connectivity index (χ1n) is 15.7. The highest BCUT2D eigenvalue weighted by molar-refractivity contribution is 5.69. The molecule has 2 aliphatic heterocycles. The third kappa shape index (κ3) is 9.48. The van der Waals surface area contributed by atoms with Crippen LogP contribution in [0.3, 0.4) is 0 Å². The van der Waals surface area contributed by atoms with Crippen LogP contribution in [0.15, 0.2) is 0 Å². The molecule has 3 fully saturated rings. The number of aliphatic hydroxyl groups is 6. The molecule has 0 amide bonds. The van der Waals surface area contributed by atoms with Crippen molar-refractivity contribution in [2.24, 2.45) is 22.9 Å². The van der Waals surface area contributed by atoms with E-state index in [0.29, 0.717) is 6.42 Å². The molecule has 2 heterocycles. The van der Waals surface area contributed by atoms with Crippen molar-refractivity contribution >= 4 is 5.97 Å². The monoisotopic (exact) mass is 638 g/mol. The van der Waals surface area contributed by atoms with Gasteiger partial charge in [0.2, 0.25) is 0 Å². The predicted octanol–water partition coefficient (Wildman–Crippen LogP) is -3.60. The van der Waals surface area contributed by atoms with Crippen LogP contribution < -0.4 is 22.9 Å². The molecular weight excluding hydrogens is 584 g/mol. The lowest BCUT2D eigenvalue weighted by atomic mass is 9.84. The van der Waals surface area contributed by atoms with Crippen molar-refractivity contribution in [3.63, 3.8) is 0 Å². The summed E-state index contributed by atoms with van der Waals surface area (Å²) in [5.74, 6) is -0.452. The van der Waals surface area contributed by atoms with Gasteiger partial charge in [-0.2, -0.15) is 0 Å². The van der Waals surface area contributed by atoms with Gasteiger partial charge in [-0.05, 0) is 12.8 Å². The van der Waals surface area contributed by atoms with Gasteiger partial charge in [-0.15, -0.1) is 0 Å². The van der Waals surface area contributed by atoms with E-state index < -0.39 is 97.7 Å². The minimum atomic E-state index is -1.68. The molecule has 14 N–H and O–H groups in total. The molecule has 3 rings (SSSR count). The van der Waals surface area contributed by atoms with E-state index in [1.807, 2.05) is 0 Å². The highest BCUT2D eigenvalue weighted by Gasteiger charge is 2.51. The third-order valence-corrected chi connectivity index (χ3v) is 8.70. The molecule has 0 radical (unpaired) electrons. The van der Waals surface area contributed by atoms with E-state index in [-0.39, 0.29) is 26.0 Å². The second-order valence-electron chi connectivity index (χ2n) is 12.2. The summed E-state index contributed by atoms with van der Waals surface area (Å²) in [5.41, 5.74) is 24.1. The molecule has 1 aliphatic carbocycles. The Hall–Kier alpha value is -1.09. The summed E-state index contributed by atoms with van der Waals surface area (Å²) in [5, 5.41) is 63.1. The second kappa shape index (κ2) is 17.7. The largest absolute Gasteiger partial charge is 0.463 e. The number of ether oxygens (including phenoxy) is 5. The van der Waals surface area contributed by atoms with Crippen LogP contribution in [0.2, 0.25) is 0 Å². The van der Waals surface area contributed by atoms with Crippen LogP contribution in [-0.2, 0) is 28.5 Å². The Morgan fingerprint density at radius 3 is 1.84 bits per heavy atom. The van der Waals surface area contributed by atoms with Gasteiger partial charge in [0.05, 0.1) is 6.04 Å². The number of carbonyl (C=O) groups is 1. The Bertz CT molecular complexity index is 861. The van der Waals surface area contributed by atoms with Crippen LogP contribution in [0.1, 0.15) is 64.7 Å². The smallest absolute Gasteiger partial charge is 0.305 e. The minimum absolute atomic E-state index is 0.0673. The third-order valence-electron chi connectivity index (χ3n) is 8.70. The van der Waals surface area contributed by atoms with Crippen molar-refractivity contribution in [1.82, 2.24) is 0 Å². The minimum Gasteiger partial charge on any atom is -0.463 e. The molecule has 0 aromatic heterocycles. The van der Waals surface area contributed by atoms with Gasteiger partial charge < -0.3 is 77.3 Å². The highest BCUT2D eigenvalue weighted by atomic mass is 16.7. The number of nitrogens with two attached hydrogens (primary N) is 4. The molecule has 0 aromatic rings. The van der Waals surface area contributed by atoms with E-state index in [0.717, 1.165) is 19.3 Å². The molecule has 1 saturated carbocycles. The maximum absolute atomic E-state index is 12.3. The van der Waals surface area contributed by atoms with E-state index in [2.05, 4.69) is 6.92 Å². The molecule has 0 spiro atoms. The first-order chi connectivity index (χ1) is 20.9. The van der Waals surface area contributed by atoms with Crippen molar-refractivity contribution in [3.05, 3.63) is 0 Å². The quantitative estimate of drug-likeness (QED) is 0.0612. The Morgan fingerprint density at radius 2 is 1.25 bits per heavy atom. The van der Waals surface area contributed by atoms with Crippen LogP contribution >= 0.6 is 0 Å². The lowest BCUT2D eigenvalue weighted by molar-refractivity contribution is -0.332. The summed E-state index contributed by atoms with van der Waals surface area (Å²) in [7, 11) is 0. The van der Waals surface area contributed by atoms with Crippen molar-refractivity contribution < 1.29 is 59.1 Å². The summed E-state index contributed by atoms with van der Waals surface area (Å²) < 4.78 is 28.2. The number of carbonyl (C=O) groups excluding carboxylic acids is 1. The van der Waals surface area contributed by atoms with Gasteiger partial charge in [0, 0.05) is 25.0 Å².